The van der Waals surface area contributed by atoms with Crippen LogP contribution >= 0.6 is 11.6 Å². The predicted molar refractivity (Wildman–Crippen MR) is 64.9 cm³/mol. The first-order chi connectivity index (χ1) is 8.65. The van der Waals surface area contributed by atoms with Crippen molar-refractivity contribution < 1.29 is 9.76 Å². The van der Waals surface area contributed by atoms with Gasteiger partial charge < -0.3 is 0 Å². The van der Waals surface area contributed by atoms with Crippen LogP contribution in [0, 0.1) is 10.1 Å². The number of amidine groups is 1. The van der Waals surface area contributed by atoms with E-state index in [1.165, 1.54) is 5.06 Å². The second-order valence-corrected chi connectivity index (χ2v) is 4.04. The summed E-state index contributed by atoms with van der Waals surface area (Å²) in [5.74, 6) is 0.321. The van der Waals surface area contributed by atoms with Crippen LogP contribution in [0.3, 0.4) is 0 Å². The largest absolute Gasteiger partial charge is 0.270 e. The molecule has 0 spiro atoms. The summed E-state index contributed by atoms with van der Waals surface area (Å²) < 4.78 is 0. The number of hydrogen-bond donors (Lipinski definition) is 0. The Labute approximate surface area is 108 Å². The molecule has 18 heavy (non-hydrogen) atoms. The molecule has 1 aromatic heterocycles. The third-order valence-corrected chi connectivity index (χ3v) is 2.53. The van der Waals surface area contributed by atoms with Crippen molar-refractivity contribution in [2.45, 2.75) is 6.54 Å². The number of hydroxylamine groups is 2. The Morgan fingerprint density at radius 2 is 2.39 bits per heavy atom. The van der Waals surface area contributed by atoms with E-state index < -0.39 is 4.92 Å². The van der Waals surface area contributed by atoms with Gasteiger partial charge in [-0.05, 0) is 11.6 Å². The standard InChI is InChI=1S/C10H11ClN4O3/c11-9-2-1-8(5-13-9)6-14-10(7-15(16)17)12-3-4-18-14/h1-2,5H,3-4,6-7H2. The summed E-state index contributed by atoms with van der Waals surface area (Å²) in [4.78, 5) is 23.5. The molecule has 96 valence electrons. The van der Waals surface area contributed by atoms with Crippen LogP contribution in [-0.2, 0) is 11.4 Å². The number of hydrogen-bond acceptors (Lipinski definition) is 6. The minimum Gasteiger partial charge on any atom is -0.270 e. The van der Waals surface area contributed by atoms with Crippen molar-refractivity contribution in [1.29, 1.82) is 0 Å². The summed E-state index contributed by atoms with van der Waals surface area (Å²) in [5.41, 5.74) is 0.845. The Balaban J connectivity index is 2.06. The van der Waals surface area contributed by atoms with Gasteiger partial charge in [-0.1, -0.05) is 17.7 Å². The van der Waals surface area contributed by atoms with E-state index in [1.54, 1.807) is 18.3 Å². The Hall–Kier alpha value is -1.73. The molecule has 0 atom stereocenters. The minimum absolute atomic E-state index is 0.321. The second-order valence-electron chi connectivity index (χ2n) is 3.65. The Bertz CT molecular complexity index is 463. The summed E-state index contributed by atoms with van der Waals surface area (Å²) >= 11 is 5.68. The molecule has 0 saturated carbocycles. The van der Waals surface area contributed by atoms with Gasteiger partial charge in [0.2, 0.25) is 0 Å². The van der Waals surface area contributed by atoms with E-state index in [0.29, 0.717) is 30.7 Å². The Kier molecular flexibility index (Phi) is 4.06. The van der Waals surface area contributed by atoms with Crippen LogP contribution in [0.15, 0.2) is 23.3 Å². The molecule has 0 bridgehead atoms. The van der Waals surface area contributed by atoms with Crippen LogP contribution in [0.5, 0.6) is 0 Å². The summed E-state index contributed by atoms with van der Waals surface area (Å²) in [6, 6.07) is 3.45. The van der Waals surface area contributed by atoms with Crippen LogP contribution in [-0.4, -0.2) is 40.5 Å². The van der Waals surface area contributed by atoms with Crippen molar-refractivity contribution in [1.82, 2.24) is 10.0 Å². The van der Waals surface area contributed by atoms with Crippen molar-refractivity contribution in [2.75, 3.05) is 19.7 Å². The quantitative estimate of drug-likeness (QED) is 0.466. The average Bonchev–Trinajstić information content (AvgIpc) is 2.34. The van der Waals surface area contributed by atoms with E-state index in [0.717, 1.165) is 5.56 Å². The van der Waals surface area contributed by atoms with Gasteiger partial charge in [-0.3, -0.25) is 19.9 Å². The lowest BCUT2D eigenvalue weighted by Gasteiger charge is -2.26. The first-order valence-electron chi connectivity index (χ1n) is 5.31. The molecule has 0 unspecified atom stereocenters. The van der Waals surface area contributed by atoms with Crippen molar-refractivity contribution in [3.05, 3.63) is 39.2 Å². The smallest absolute Gasteiger partial charge is 0.262 e. The molecule has 1 aliphatic heterocycles. The molecule has 2 rings (SSSR count). The van der Waals surface area contributed by atoms with Crippen molar-refractivity contribution in [3.8, 4) is 0 Å². The van der Waals surface area contributed by atoms with E-state index in [2.05, 4.69) is 9.98 Å². The second kappa shape index (κ2) is 5.74. The van der Waals surface area contributed by atoms with E-state index in [4.69, 9.17) is 16.4 Å². The van der Waals surface area contributed by atoms with Gasteiger partial charge in [0.25, 0.3) is 6.54 Å². The Morgan fingerprint density at radius 1 is 1.56 bits per heavy atom. The first kappa shape index (κ1) is 12.7. The zero-order chi connectivity index (χ0) is 13.0. The zero-order valence-corrected chi connectivity index (χ0v) is 10.2. The van der Waals surface area contributed by atoms with Crippen molar-refractivity contribution >= 4 is 17.4 Å². The third kappa shape index (κ3) is 3.38. The van der Waals surface area contributed by atoms with Crippen LogP contribution < -0.4 is 0 Å². The van der Waals surface area contributed by atoms with Crippen LogP contribution in [0.2, 0.25) is 5.15 Å². The molecular formula is C10H11ClN4O3. The van der Waals surface area contributed by atoms with E-state index >= 15 is 0 Å². The number of nitrogens with zero attached hydrogens (tertiary/aromatic N) is 4. The van der Waals surface area contributed by atoms with Gasteiger partial charge in [0.15, 0.2) is 5.84 Å². The van der Waals surface area contributed by atoms with E-state index in [1.807, 2.05) is 0 Å². The number of aromatic nitrogens is 1. The van der Waals surface area contributed by atoms with Gasteiger partial charge >= 0.3 is 0 Å². The SMILES string of the molecule is O=[N+]([O-])CC1=NCCON1Cc1ccc(Cl)nc1. The highest BCUT2D eigenvalue weighted by molar-refractivity contribution is 6.29. The molecule has 0 fully saturated rings. The molecule has 0 aliphatic carbocycles. The maximum atomic E-state index is 10.5. The van der Waals surface area contributed by atoms with Crippen LogP contribution in [0.4, 0.5) is 0 Å². The van der Waals surface area contributed by atoms with Gasteiger partial charge in [0, 0.05) is 11.1 Å². The molecule has 0 saturated heterocycles. The highest BCUT2D eigenvalue weighted by atomic mass is 35.5. The van der Waals surface area contributed by atoms with Crippen LogP contribution in [0.25, 0.3) is 0 Å². The predicted octanol–water partition coefficient (Wildman–Crippen LogP) is 1.16. The normalized spacial score (nSPS) is 15.4. The highest BCUT2D eigenvalue weighted by Crippen LogP contribution is 2.11. The number of halogens is 1. The van der Waals surface area contributed by atoms with E-state index in [-0.39, 0.29) is 6.54 Å². The van der Waals surface area contributed by atoms with E-state index in [9.17, 15) is 10.1 Å². The average molecular weight is 271 g/mol. The molecule has 8 heteroatoms. The molecule has 1 aromatic rings. The fraction of sp³-hybridized carbons (Fsp3) is 0.400. The molecule has 7 nitrogen and oxygen atoms in total. The molecule has 0 radical (unpaired) electrons. The van der Waals surface area contributed by atoms with Gasteiger partial charge in [0.1, 0.15) is 5.15 Å². The molecule has 1 aliphatic rings. The molecule has 0 amide bonds. The summed E-state index contributed by atoms with van der Waals surface area (Å²) in [6.45, 7) is 0.874. The van der Waals surface area contributed by atoms with Gasteiger partial charge in [-0.2, -0.15) is 0 Å². The molecular weight excluding hydrogens is 260 g/mol. The lowest BCUT2D eigenvalue weighted by molar-refractivity contribution is -0.465. The van der Waals surface area contributed by atoms with Crippen molar-refractivity contribution in [3.63, 3.8) is 0 Å². The first-order valence-corrected chi connectivity index (χ1v) is 5.69. The number of nitro groups is 1. The van der Waals surface area contributed by atoms with Crippen LogP contribution in [0.1, 0.15) is 5.56 Å². The minimum atomic E-state index is -0.430. The molecule has 2 heterocycles. The molecule has 0 aromatic carbocycles. The lowest BCUT2D eigenvalue weighted by atomic mass is 10.3. The maximum Gasteiger partial charge on any atom is 0.262 e. The van der Waals surface area contributed by atoms with Gasteiger partial charge in [0.05, 0.1) is 19.7 Å². The fourth-order valence-corrected chi connectivity index (χ4v) is 1.64. The van der Waals surface area contributed by atoms with Crippen molar-refractivity contribution in [2.24, 2.45) is 4.99 Å². The summed E-state index contributed by atoms with van der Waals surface area (Å²) in [6.07, 6.45) is 1.60. The Morgan fingerprint density at radius 3 is 3.06 bits per heavy atom. The molecule has 0 N–H and O–H groups in total. The van der Waals surface area contributed by atoms with Gasteiger partial charge in [-0.25, -0.2) is 10.0 Å². The highest BCUT2D eigenvalue weighted by Gasteiger charge is 2.21. The number of aliphatic imine (C=N–C) groups is 1. The zero-order valence-electron chi connectivity index (χ0n) is 9.45. The summed E-state index contributed by atoms with van der Waals surface area (Å²) in [7, 11) is 0. The lowest BCUT2D eigenvalue weighted by Crippen LogP contribution is -2.39. The maximum absolute atomic E-state index is 10.5. The monoisotopic (exact) mass is 270 g/mol. The number of rotatable bonds is 4. The number of pyridine rings is 1. The topological polar surface area (TPSA) is 80.9 Å². The third-order valence-electron chi connectivity index (χ3n) is 2.31. The van der Waals surface area contributed by atoms with Gasteiger partial charge in [-0.15, -0.1) is 0 Å². The summed E-state index contributed by atoms with van der Waals surface area (Å²) in [5, 5.41) is 12.4. The fourth-order valence-electron chi connectivity index (χ4n) is 1.53.